The third-order valence-corrected chi connectivity index (χ3v) is 4.71. The third-order valence-electron chi connectivity index (χ3n) is 4.18. The summed E-state index contributed by atoms with van der Waals surface area (Å²) in [6, 6.07) is 14.4. The van der Waals surface area contributed by atoms with Crippen LogP contribution in [0.1, 0.15) is 31.8 Å². The molecule has 0 atom stereocenters. The van der Waals surface area contributed by atoms with E-state index in [1.54, 1.807) is 48.5 Å². The van der Waals surface area contributed by atoms with E-state index in [4.69, 9.17) is 33.7 Å². The SMILES string of the molecule is Nc1cccc2c1C(=O)c1cccc(Oc3ccc(Cl)cc3Cl)c1C2=O. The molecule has 2 N–H and O–H groups in total. The number of carbonyl (C=O) groups is 2. The molecular weight excluding hydrogens is 373 g/mol. The molecule has 26 heavy (non-hydrogen) atoms. The summed E-state index contributed by atoms with van der Waals surface area (Å²) in [5, 5.41) is 0.766. The Bertz CT molecular complexity index is 1090. The van der Waals surface area contributed by atoms with Crippen LogP contribution in [0.25, 0.3) is 0 Å². The third kappa shape index (κ3) is 2.55. The zero-order chi connectivity index (χ0) is 18.4. The lowest BCUT2D eigenvalue weighted by Crippen LogP contribution is -2.22. The second-order valence-electron chi connectivity index (χ2n) is 5.78. The summed E-state index contributed by atoms with van der Waals surface area (Å²) in [5.74, 6) is -0.0378. The largest absolute Gasteiger partial charge is 0.455 e. The van der Waals surface area contributed by atoms with Gasteiger partial charge in [0, 0.05) is 21.8 Å². The van der Waals surface area contributed by atoms with E-state index in [-0.39, 0.29) is 45.3 Å². The van der Waals surface area contributed by atoms with Crippen LogP contribution in [-0.2, 0) is 0 Å². The average Bonchev–Trinajstić information content (AvgIpc) is 2.62. The molecular formula is C20H11Cl2NO3. The van der Waals surface area contributed by atoms with Crippen LogP contribution < -0.4 is 10.5 Å². The number of hydrogen-bond donors (Lipinski definition) is 1. The lowest BCUT2D eigenvalue weighted by atomic mass is 9.83. The Kier molecular flexibility index (Phi) is 3.94. The summed E-state index contributed by atoms with van der Waals surface area (Å²) in [6.07, 6.45) is 0. The second-order valence-corrected chi connectivity index (χ2v) is 6.63. The van der Waals surface area contributed by atoms with Crippen LogP contribution in [0.3, 0.4) is 0 Å². The van der Waals surface area contributed by atoms with Gasteiger partial charge in [0.05, 0.1) is 16.1 Å². The predicted molar refractivity (Wildman–Crippen MR) is 101 cm³/mol. The molecule has 0 aromatic heterocycles. The van der Waals surface area contributed by atoms with Crippen molar-refractivity contribution in [2.75, 3.05) is 5.73 Å². The second kappa shape index (κ2) is 6.16. The van der Waals surface area contributed by atoms with Crippen molar-refractivity contribution in [2.45, 2.75) is 0 Å². The van der Waals surface area contributed by atoms with Gasteiger partial charge in [-0.1, -0.05) is 47.5 Å². The number of nitrogen functional groups attached to an aromatic ring is 1. The number of halogens is 2. The van der Waals surface area contributed by atoms with Gasteiger partial charge >= 0.3 is 0 Å². The first kappa shape index (κ1) is 16.6. The van der Waals surface area contributed by atoms with Crippen LogP contribution in [0.5, 0.6) is 11.5 Å². The minimum Gasteiger partial charge on any atom is -0.455 e. The molecule has 0 saturated heterocycles. The number of ether oxygens (including phenoxy) is 1. The van der Waals surface area contributed by atoms with E-state index in [9.17, 15) is 9.59 Å². The number of carbonyl (C=O) groups excluding carboxylic acids is 2. The van der Waals surface area contributed by atoms with Gasteiger partial charge in [-0.05, 0) is 30.3 Å². The highest BCUT2D eigenvalue weighted by molar-refractivity contribution is 6.35. The van der Waals surface area contributed by atoms with Crippen molar-refractivity contribution < 1.29 is 14.3 Å². The van der Waals surface area contributed by atoms with Gasteiger partial charge in [0.25, 0.3) is 0 Å². The first-order chi connectivity index (χ1) is 12.5. The molecule has 0 fully saturated rings. The maximum atomic E-state index is 13.0. The first-order valence-corrected chi connectivity index (χ1v) is 8.47. The normalized spacial score (nSPS) is 12.5. The fourth-order valence-corrected chi connectivity index (χ4v) is 3.45. The number of benzene rings is 3. The lowest BCUT2D eigenvalue weighted by Gasteiger charge is -2.21. The van der Waals surface area contributed by atoms with Gasteiger partial charge in [-0.15, -0.1) is 0 Å². The fourth-order valence-electron chi connectivity index (χ4n) is 3.00. The van der Waals surface area contributed by atoms with Crippen molar-refractivity contribution in [3.63, 3.8) is 0 Å². The summed E-state index contributed by atoms with van der Waals surface area (Å²) < 4.78 is 5.83. The highest BCUT2D eigenvalue weighted by Gasteiger charge is 2.33. The van der Waals surface area contributed by atoms with E-state index >= 15 is 0 Å². The topological polar surface area (TPSA) is 69.4 Å². The summed E-state index contributed by atoms with van der Waals surface area (Å²) in [7, 11) is 0. The Hall–Kier alpha value is -2.82. The van der Waals surface area contributed by atoms with E-state index in [2.05, 4.69) is 0 Å². The molecule has 0 bridgehead atoms. The van der Waals surface area contributed by atoms with E-state index < -0.39 is 0 Å². The molecule has 0 radical (unpaired) electrons. The maximum Gasteiger partial charge on any atom is 0.198 e. The van der Waals surface area contributed by atoms with Crippen LogP contribution in [-0.4, -0.2) is 11.6 Å². The van der Waals surface area contributed by atoms with E-state index in [1.165, 1.54) is 6.07 Å². The number of fused-ring (bicyclic) bond motifs is 2. The highest BCUT2D eigenvalue weighted by atomic mass is 35.5. The van der Waals surface area contributed by atoms with E-state index in [1.807, 2.05) is 0 Å². The van der Waals surface area contributed by atoms with Crippen molar-refractivity contribution in [1.82, 2.24) is 0 Å². The van der Waals surface area contributed by atoms with Gasteiger partial charge in [0.2, 0.25) is 0 Å². The standard InChI is InChI=1S/C20H11Cl2NO3/c21-10-7-8-15(13(22)9-10)26-16-6-2-4-12-18(16)20(25)11-3-1-5-14(23)17(11)19(12)24/h1-9H,23H2. The molecule has 4 rings (SSSR count). The van der Waals surface area contributed by atoms with E-state index in [0.717, 1.165) is 0 Å². The van der Waals surface area contributed by atoms with Gasteiger partial charge in [-0.3, -0.25) is 9.59 Å². The Balaban J connectivity index is 1.86. The highest BCUT2D eigenvalue weighted by Crippen LogP contribution is 2.39. The average molecular weight is 384 g/mol. The number of ketones is 2. The van der Waals surface area contributed by atoms with Gasteiger partial charge in [0.1, 0.15) is 11.5 Å². The van der Waals surface area contributed by atoms with Gasteiger partial charge in [-0.25, -0.2) is 0 Å². The minimum absolute atomic E-state index is 0.196. The van der Waals surface area contributed by atoms with Crippen molar-refractivity contribution in [3.8, 4) is 11.5 Å². The van der Waals surface area contributed by atoms with Gasteiger partial charge in [-0.2, -0.15) is 0 Å². The minimum atomic E-state index is -0.317. The molecule has 1 aliphatic carbocycles. The van der Waals surface area contributed by atoms with Crippen molar-refractivity contribution in [1.29, 1.82) is 0 Å². The van der Waals surface area contributed by atoms with Gasteiger partial charge in [0.15, 0.2) is 11.6 Å². The quantitative estimate of drug-likeness (QED) is 0.486. The molecule has 3 aromatic rings. The van der Waals surface area contributed by atoms with Crippen LogP contribution >= 0.6 is 23.2 Å². The van der Waals surface area contributed by atoms with Crippen molar-refractivity contribution in [2.24, 2.45) is 0 Å². The van der Waals surface area contributed by atoms with Gasteiger partial charge < -0.3 is 10.5 Å². The molecule has 0 unspecified atom stereocenters. The summed E-state index contributed by atoms with van der Waals surface area (Å²) in [4.78, 5) is 25.9. The summed E-state index contributed by atoms with van der Waals surface area (Å²) in [5.41, 5.74) is 7.13. The predicted octanol–water partition coefficient (Wildman–Crippen LogP) is 5.14. The molecule has 0 saturated carbocycles. The Morgan fingerprint density at radius 3 is 2.15 bits per heavy atom. The fraction of sp³-hybridized carbons (Fsp3) is 0. The Morgan fingerprint density at radius 1 is 0.769 bits per heavy atom. The van der Waals surface area contributed by atoms with Crippen molar-refractivity contribution in [3.05, 3.63) is 86.9 Å². The molecule has 0 spiro atoms. The molecule has 128 valence electrons. The maximum absolute atomic E-state index is 13.0. The monoisotopic (exact) mass is 383 g/mol. The molecule has 6 heteroatoms. The van der Waals surface area contributed by atoms with Crippen LogP contribution in [0, 0.1) is 0 Å². The first-order valence-electron chi connectivity index (χ1n) is 7.71. The van der Waals surface area contributed by atoms with Crippen LogP contribution in [0.4, 0.5) is 5.69 Å². The summed E-state index contributed by atoms with van der Waals surface area (Å²) >= 11 is 12.0. The molecule has 0 aliphatic heterocycles. The number of rotatable bonds is 2. The Labute approximate surface area is 159 Å². The molecule has 0 amide bonds. The number of hydrogen-bond acceptors (Lipinski definition) is 4. The zero-order valence-corrected chi connectivity index (χ0v) is 14.8. The molecule has 1 aliphatic rings. The molecule has 3 aromatic carbocycles. The zero-order valence-electron chi connectivity index (χ0n) is 13.3. The van der Waals surface area contributed by atoms with Crippen LogP contribution in [0.2, 0.25) is 10.0 Å². The smallest absolute Gasteiger partial charge is 0.198 e. The Morgan fingerprint density at radius 2 is 1.42 bits per heavy atom. The molecule has 4 nitrogen and oxygen atoms in total. The van der Waals surface area contributed by atoms with Crippen LogP contribution in [0.15, 0.2) is 54.6 Å². The number of nitrogens with two attached hydrogens (primary N) is 1. The number of anilines is 1. The van der Waals surface area contributed by atoms with Crippen molar-refractivity contribution >= 4 is 40.5 Å². The molecule has 0 heterocycles. The summed E-state index contributed by atoms with van der Waals surface area (Å²) in [6.45, 7) is 0. The lowest BCUT2D eigenvalue weighted by molar-refractivity contribution is 0.0977. The van der Waals surface area contributed by atoms with E-state index in [0.29, 0.717) is 15.8 Å².